The molecule has 24 heteroatoms. The standard InChI is InChI=1S/C33H34FN9O10P2S2/c1-17-21-12-49-55(57,47-10-9-35-3)53-25-18(2)32(43-16-40-24-27(36-14-38-29(24)43)41-30(44)19-7-5-4-6-8-19)51-22(25)13-48-54(46,56)52-26(17)33(50-21)42-11-20(34)23-28(42)37-15-39-31(23)45/h4-8,11,14-18,21-22,25-26,32-33H,9-10,12-13H2,1-2H3,(H,46,56)(H,37,39,45)(H,36,38,41,44)/t17-,18-,21-,22-,25+,26-,32-,33-,54?,55?/m1/s1. The predicted octanol–water partition coefficient (Wildman–Crippen LogP) is 4.22. The van der Waals surface area contributed by atoms with Crippen molar-refractivity contribution in [3.63, 3.8) is 0 Å². The Morgan fingerprint density at radius 2 is 1.81 bits per heavy atom. The molecule has 19 nitrogen and oxygen atoms in total. The van der Waals surface area contributed by atoms with Gasteiger partial charge in [0, 0.05) is 23.6 Å². The summed E-state index contributed by atoms with van der Waals surface area (Å²) in [5.41, 5.74) is 0.323. The third kappa shape index (κ3) is 7.83. The van der Waals surface area contributed by atoms with Gasteiger partial charge in [-0.1, -0.05) is 32.0 Å². The van der Waals surface area contributed by atoms with Gasteiger partial charge in [0.05, 0.1) is 32.0 Å². The van der Waals surface area contributed by atoms with Crippen molar-refractivity contribution in [3.8, 4) is 0 Å². The minimum absolute atomic E-state index is 0.0267. The van der Waals surface area contributed by atoms with Gasteiger partial charge in [-0.05, 0) is 35.7 Å². The summed E-state index contributed by atoms with van der Waals surface area (Å²) in [5, 5.41) is 2.49. The van der Waals surface area contributed by atoms with Crippen LogP contribution in [0.1, 0.15) is 36.7 Å². The van der Waals surface area contributed by atoms with Crippen LogP contribution in [0.5, 0.6) is 0 Å². The number of aromatic amines is 1. The predicted molar refractivity (Wildman–Crippen MR) is 206 cm³/mol. The Morgan fingerprint density at radius 3 is 2.60 bits per heavy atom. The lowest BCUT2D eigenvalue weighted by Gasteiger charge is -2.30. The number of nitrogens with zero attached hydrogens (tertiary/aromatic N) is 7. The van der Waals surface area contributed by atoms with Crippen molar-refractivity contribution in [3.05, 3.63) is 88.7 Å². The molecule has 0 spiro atoms. The molecule has 1 aromatic carbocycles. The van der Waals surface area contributed by atoms with E-state index in [1.165, 1.54) is 17.2 Å². The monoisotopic (exact) mass is 861 g/mol. The van der Waals surface area contributed by atoms with E-state index in [2.05, 4.69) is 35.1 Å². The molecule has 3 saturated heterocycles. The van der Waals surface area contributed by atoms with Crippen molar-refractivity contribution in [2.75, 3.05) is 31.7 Å². The summed E-state index contributed by atoms with van der Waals surface area (Å²) in [4.78, 5) is 60.0. The second-order valence-electron chi connectivity index (χ2n) is 13.4. The number of carbonyl (C=O) groups excluding carboxylic acids is 1. The highest BCUT2D eigenvalue weighted by Crippen LogP contribution is 2.58. The number of amides is 1. The van der Waals surface area contributed by atoms with Gasteiger partial charge in [-0.2, -0.15) is 0 Å². The van der Waals surface area contributed by atoms with E-state index in [9.17, 15) is 14.5 Å². The zero-order valence-corrected chi connectivity index (χ0v) is 33.4. The molecule has 4 aromatic heterocycles. The molecule has 3 aliphatic heterocycles. The molecule has 0 saturated carbocycles. The van der Waals surface area contributed by atoms with Crippen LogP contribution >= 0.6 is 13.4 Å². The molecule has 300 valence electrons. The largest absolute Gasteiger partial charge is 0.349 e. The molecule has 1 amide bonds. The lowest BCUT2D eigenvalue weighted by molar-refractivity contribution is -0.0607. The SMILES string of the molecule is [C-]#[N+]CCOP1(=S)OC[C@H]2O[C@@H](n3cc(F)c4c(=O)[nH]cnc43)[C@H](OP(O)(=S)OC[C@H]3O[C@@H](n4cnc5c(NC(=O)c6ccccc6)ncnc54)[C@H](C)[C@@H]3O1)[C@@H]2C. The van der Waals surface area contributed by atoms with Crippen LogP contribution in [0.2, 0.25) is 0 Å². The highest BCUT2D eigenvalue weighted by Gasteiger charge is 2.51. The Kier molecular flexibility index (Phi) is 11.2. The molecule has 10 atom stereocenters. The molecule has 7 heterocycles. The van der Waals surface area contributed by atoms with Crippen molar-refractivity contribution in [1.82, 2.24) is 34.1 Å². The zero-order valence-electron chi connectivity index (χ0n) is 30.0. The normalized spacial score (nSPS) is 31.9. The van der Waals surface area contributed by atoms with Gasteiger partial charge in [0.25, 0.3) is 11.5 Å². The number of nitrogens with one attached hydrogen (secondary N) is 2. The number of benzene rings is 1. The van der Waals surface area contributed by atoms with Crippen LogP contribution in [0.4, 0.5) is 10.2 Å². The first-order valence-corrected chi connectivity index (χ1v) is 22.7. The first-order valence-electron chi connectivity index (χ1n) is 17.5. The average molecular weight is 862 g/mol. The molecular formula is C33H34FN9O10P2S2. The van der Waals surface area contributed by atoms with Crippen LogP contribution in [-0.2, 0) is 55.7 Å². The Labute approximate surface area is 333 Å². The number of H-pyrrole nitrogens is 1. The Balaban J connectivity index is 1.11. The van der Waals surface area contributed by atoms with Gasteiger partial charge in [0.2, 0.25) is 6.54 Å². The van der Waals surface area contributed by atoms with Crippen LogP contribution in [0, 0.1) is 24.2 Å². The van der Waals surface area contributed by atoms with E-state index in [1.807, 2.05) is 6.92 Å². The number of rotatable bonds is 7. The molecule has 2 unspecified atom stereocenters. The quantitative estimate of drug-likeness (QED) is 0.119. The van der Waals surface area contributed by atoms with E-state index in [0.29, 0.717) is 16.7 Å². The smallest absolute Gasteiger partial charge is 0.327 e. The fourth-order valence-corrected chi connectivity index (χ4v) is 10.7. The second kappa shape index (κ2) is 16.0. The van der Waals surface area contributed by atoms with Crippen molar-refractivity contribution in [1.29, 1.82) is 0 Å². The molecule has 3 aliphatic rings. The summed E-state index contributed by atoms with van der Waals surface area (Å²) in [7, 11) is 0. The summed E-state index contributed by atoms with van der Waals surface area (Å²) in [5.74, 6) is -2.17. The summed E-state index contributed by atoms with van der Waals surface area (Å²) in [6.45, 7) is 2.32. The first-order chi connectivity index (χ1) is 27.4. The van der Waals surface area contributed by atoms with Crippen LogP contribution in [0.3, 0.4) is 0 Å². The number of hydrogen-bond acceptors (Lipinski definition) is 15. The van der Waals surface area contributed by atoms with Crippen LogP contribution in [0.15, 0.2) is 60.3 Å². The van der Waals surface area contributed by atoms with Gasteiger partial charge < -0.3 is 56.7 Å². The average Bonchev–Trinajstić information content (AvgIpc) is 3.93. The number of hydrogen-bond donors (Lipinski definition) is 3. The van der Waals surface area contributed by atoms with E-state index in [-0.39, 0.29) is 49.1 Å². The summed E-state index contributed by atoms with van der Waals surface area (Å²) in [6.07, 6.45) is -0.762. The number of ether oxygens (including phenoxy) is 2. The van der Waals surface area contributed by atoms with Gasteiger partial charge in [-0.15, -0.1) is 0 Å². The Hall–Kier alpha value is -3.94. The van der Waals surface area contributed by atoms with E-state index < -0.39 is 73.5 Å². The summed E-state index contributed by atoms with van der Waals surface area (Å²) < 4.78 is 61.8. The number of aromatic nitrogens is 7. The summed E-state index contributed by atoms with van der Waals surface area (Å²) >= 11 is 11.4. The molecule has 3 N–H and O–H groups in total. The van der Waals surface area contributed by atoms with Crippen LogP contribution in [-0.4, -0.2) is 95.6 Å². The van der Waals surface area contributed by atoms with Gasteiger partial charge in [-0.25, -0.2) is 30.9 Å². The number of imidazole rings is 1. The van der Waals surface area contributed by atoms with Crippen molar-refractivity contribution in [2.24, 2.45) is 11.8 Å². The van der Waals surface area contributed by atoms with Crippen LogP contribution in [0.25, 0.3) is 27.0 Å². The maximum Gasteiger partial charge on any atom is 0.327 e. The fourth-order valence-electron chi connectivity index (χ4n) is 7.02. The van der Waals surface area contributed by atoms with Gasteiger partial charge in [0.15, 0.2) is 34.7 Å². The lowest BCUT2D eigenvalue weighted by atomic mass is 10.0. The molecule has 0 aliphatic carbocycles. The van der Waals surface area contributed by atoms with Crippen molar-refractivity contribution in [2.45, 2.75) is 50.7 Å². The third-order valence-corrected chi connectivity index (χ3v) is 13.8. The Bertz CT molecular complexity index is 2520. The number of carbonyl (C=O) groups is 1. The molecule has 5 aromatic rings. The number of anilines is 1. The lowest BCUT2D eigenvalue weighted by Crippen LogP contribution is -2.32. The summed E-state index contributed by atoms with van der Waals surface area (Å²) in [6, 6.07) is 8.63. The van der Waals surface area contributed by atoms with Gasteiger partial charge in [0.1, 0.15) is 42.9 Å². The van der Waals surface area contributed by atoms with E-state index in [4.69, 9.17) is 62.3 Å². The fraction of sp³-hybridized carbons (Fsp3) is 0.424. The van der Waals surface area contributed by atoms with Gasteiger partial charge in [-0.3, -0.25) is 14.2 Å². The van der Waals surface area contributed by atoms with E-state index in [1.54, 1.807) is 41.8 Å². The third-order valence-electron chi connectivity index (χ3n) is 9.85. The molecule has 8 rings (SSSR count). The van der Waals surface area contributed by atoms with Crippen molar-refractivity contribution < 1.29 is 46.2 Å². The van der Waals surface area contributed by atoms with E-state index >= 15 is 4.39 Å². The van der Waals surface area contributed by atoms with Crippen molar-refractivity contribution >= 4 is 71.0 Å². The maximum atomic E-state index is 15.1. The molecular weight excluding hydrogens is 827 g/mol. The second-order valence-corrected chi connectivity index (χ2v) is 19.1. The maximum absolute atomic E-state index is 15.1. The minimum Gasteiger partial charge on any atom is -0.349 e. The molecule has 3 fully saturated rings. The molecule has 57 heavy (non-hydrogen) atoms. The van der Waals surface area contributed by atoms with E-state index in [0.717, 1.165) is 12.5 Å². The highest BCUT2D eigenvalue weighted by atomic mass is 32.5. The highest BCUT2D eigenvalue weighted by molar-refractivity contribution is 8.07. The Morgan fingerprint density at radius 1 is 1.04 bits per heavy atom. The van der Waals surface area contributed by atoms with Gasteiger partial charge >= 0.3 is 13.4 Å². The minimum atomic E-state index is -4.12. The zero-order chi connectivity index (χ0) is 40.1. The van der Waals surface area contributed by atoms with Crippen LogP contribution < -0.4 is 10.9 Å². The number of fused-ring (bicyclic) bond motifs is 5. The first kappa shape index (κ1) is 39.9. The number of halogens is 1. The molecule has 0 radical (unpaired) electrons. The topological polar surface area (TPSA) is 213 Å². The molecule has 2 bridgehead atoms.